The van der Waals surface area contributed by atoms with Crippen LogP contribution in [0.1, 0.15) is 6.92 Å². The summed E-state index contributed by atoms with van der Waals surface area (Å²) in [7, 11) is 1.58. The Labute approximate surface area is 82.6 Å². The van der Waals surface area contributed by atoms with Crippen LogP contribution in [-0.2, 0) is 4.74 Å². The molecule has 1 aromatic carbocycles. The van der Waals surface area contributed by atoms with Crippen molar-refractivity contribution in [1.82, 2.24) is 0 Å². The Balaban J connectivity index is 2.70. The van der Waals surface area contributed by atoms with Crippen LogP contribution in [0.4, 0.5) is 10.1 Å². The average Bonchev–Trinajstić information content (AvgIpc) is 2.12. The maximum absolute atomic E-state index is 12.8. The minimum atomic E-state index is -0.362. The van der Waals surface area contributed by atoms with Crippen LogP contribution in [0.25, 0.3) is 0 Å². The van der Waals surface area contributed by atoms with Gasteiger partial charge in [-0.3, -0.25) is 0 Å². The Hall–Kier alpha value is -1.29. The fourth-order valence-corrected chi connectivity index (χ4v) is 1.10. The van der Waals surface area contributed by atoms with Gasteiger partial charge in [-0.2, -0.15) is 0 Å². The number of rotatable bonds is 4. The Morgan fingerprint density at radius 3 is 2.86 bits per heavy atom. The second kappa shape index (κ2) is 4.81. The van der Waals surface area contributed by atoms with Crippen molar-refractivity contribution >= 4 is 5.69 Å². The summed E-state index contributed by atoms with van der Waals surface area (Å²) < 4.78 is 23.1. The second-order valence-electron chi connectivity index (χ2n) is 3.07. The molecule has 1 rings (SSSR count). The molecule has 14 heavy (non-hydrogen) atoms. The molecule has 0 saturated carbocycles. The van der Waals surface area contributed by atoms with E-state index in [2.05, 4.69) is 0 Å². The van der Waals surface area contributed by atoms with E-state index in [-0.39, 0.29) is 11.9 Å². The van der Waals surface area contributed by atoms with E-state index in [9.17, 15) is 4.39 Å². The molecule has 1 atom stereocenters. The largest absolute Gasteiger partial charge is 0.486 e. The first kappa shape index (κ1) is 10.8. The lowest BCUT2D eigenvalue weighted by Gasteiger charge is -2.15. The Kier molecular flexibility index (Phi) is 3.71. The molecular weight excluding hydrogens is 185 g/mol. The summed E-state index contributed by atoms with van der Waals surface area (Å²) in [5, 5.41) is 0. The third-order valence-corrected chi connectivity index (χ3v) is 1.71. The minimum absolute atomic E-state index is 0.149. The van der Waals surface area contributed by atoms with E-state index >= 15 is 0 Å². The van der Waals surface area contributed by atoms with Gasteiger partial charge in [-0.1, -0.05) is 0 Å². The van der Waals surface area contributed by atoms with Crippen molar-refractivity contribution in [3.05, 3.63) is 24.0 Å². The highest BCUT2D eigenvalue weighted by molar-refractivity contribution is 5.52. The summed E-state index contributed by atoms with van der Waals surface area (Å²) >= 11 is 0. The van der Waals surface area contributed by atoms with Gasteiger partial charge in [-0.25, -0.2) is 4.39 Å². The van der Waals surface area contributed by atoms with Gasteiger partial charge in [0.05, 0.1) is 12.3 Å². The SMILES string of the molecule is COCC(C)Oc1cc(F)ccc1N. The monoisotopic (exact) mass is 199 g/mol. The van der Waals surface area contributed by atoms with Crippen molar-refractivity contribution in [3.8, 4) is 5.75 Å². The molecule has 2 N–H and O–H groups in total. The maximum atomic E-state index is 12.8. The molecule has 0 fully saturated rings. The number of benzene rings is 1. The first-order valence-electron chi connectivity index (χ1n) is 4.34. The molecule has 0 saturated heterocycles. The van der Waals surface area contributed by atoms with Crippen LogP contribution < -0.4 is 10.5 Å². The highest BCUT2D eigenvalue weighted by atomic mass is 19.1. The van der Waals surface area contributed by atoms with E-state index in [1.165, 1.54) is 18.2 Å². The number of hydrogen-bond acceptors (Lipinski definition) is 3. The molecule has 0 aliphatic rings. The number of ether oxygens (including phenoxy) is 2. The number of nitrogens with two attached hydrogens (primary N) is 1. The van der Waals surface area contributed by atoms with Crippen molar-refractivity contribution in [2.45, 2.75) is 13.0 Å². The molecule has 3 nitrogen and oxygen atoms in total. The molecule has 0 aromatic heterocycles. The van der Waals surface area contributed by atoms with Crippen molar-refractivity contribution < 1.29 is 13.9 Å². The summed E-state index contributed by atoms with van der Waals surface area (Å²) in [6.07, 6.45) is -0.149. The summed E-state index contributed by atoms with van der Waals surface area (Å²) in [5.74, 6) is -0.00614. The third-order valence-electron chi connectivity index (χ3n) is 1.71. The van der Waals surface area contributed by atoms with Crippen LogP contribution in [0.2, 0.25) is 0 Å². The molecule has 0 heterocycles. The van der Waals surface area contributed by atoms with E-state index in [0.29, 0.717) is 18.0 Å². The first-order chi connectivity index (χ1) is 6.63. The molecule has 0 aliphatic heterocycles. The maximum Gasteiger partial charge on any atom is 0.145 e. The zero-order chi connectivity index (χ0) is 10.6. The van der Waals surface area contributed by atoms with Crippen LogP contribution in [-0.4, -0.2) is 19.8 Å². The van der Waals surface area contributed by atoms with Gasteiger partial charge in [0, 0.05) is 13.2 Å². The highest BCUT2D eigenvalue weighted by Crippen LogP contribution is 2.23. The quantitative estimate of drug-likeness (QED) is 0.752. The summed E-state index contributed by atoms with van der Waals surface area (Å²) in [6, 6.07) is 4.04. The topological polar surface area (TPSA) is 44.5 Å². The van der Waals surface area contributed by atoms with E-state index < -0.39 is 0 Å². The van der Waals surface area contributed by atoms with Gasteiger partial charge in [-0.15, -0.1) is 0 Å². The van der Waals surface area contributed by atoms with Crippen molar-refractivity contribution in [2.24, 2.45) is 0 Å². The number of nitrogen functional groups attached to an aromatic ring is 1. The molecule has 4 heteroatoms. The molecule has 0 amide bonds. The van der Waals surface area contributed by atoms with Crippen molar-refractivity contribution in [2.75, 3.05) is 19.5 Å². The lowest BCUT2D eigenvalue weighted by molar-refractivity contribution is 0.0923. The summed E-state index contributed by atoms with van der Waals surface area (Å²) in [6.45, 7) is 2.27. The van der Waals surface area contributed by atoms with Crippen LogP contribution >= 0.6 is 0 Å². The number of hydrogen-bond donors (Lipinski definition) is 1. The van der Waals surface area contributed by atoms with E-state index in [1.54, 1.807) is 7.11 Å². The fourth-order valence-electron chi connectivity index (χ4n) is 1.10. The smallest absolute Gasteiger partial charge is 0.145 e. The van der Waals surface area contributed by atoms with Crippen molar-refractivity contribution in [1.29, 1.82) is 0 Å². The molecule has 0 bridgehead atoms. The number of anilines is 1. The molecule has 1 unspecified atom stereocenters. The summed E-state index contributed by atoms with van der Waals surface area (Å²) in [5.41, 5.74) is 6.03. The molecule has 0 spiro atoms. The van der Waals surface area contributed by atoms with Gasteiger partial charge < -0.3 is 15.2 Å². The van der Waals surface area contributed by atoms with Gasteiger partial charge >= 0.3 is 0 Å². The van der Waals surface area contributed by atoms with E-state index in [1.807, 2.05) is 6.92 Å². The number of methoxy groups -OCH3 is 1. The van der Waals surface area contributed by atoms with Gasteiger partial charge in [-0.05, 0) is 19.1 Å². The molecule has 0 radical (unpaired) electrons. The average molecular weight is 199 g/mol. The van der Waals surface area contributed by atoms with Crippen LogP contribution in [0.3, 0.4) is 0 Å². The summed E-state index contributed by atoms with van der Waals surface area (Å²) in [4.78, 5) is 0. The minimum Gasteiger partial charge on any atom is -0.486 e. The van der Waals surface area contributed by atoms with E-state index in [4.69, 9.17) is 15.2 Å². The normalized spacial score (nSPS) is 12.5. The first-order valence-corrected chi connectivity index (χ1v) is 4.34. The van der Waals surface area contributed by atoms with Gasteiger partial charge in [0.2, 0.25) is 0 Å². The predicted molar refractivity (Wildman–Crippen MR) is 52.8 cm³/mol. The van der Waals surface area contributed by atoms with Crippen LogP contribution in [0.5, 0.6) is 5.75 Å². The Morgan fingerprint density at radius 1 is 1.50 bits per heavy atom. The second-order valence-corrected chi connectivity index (χ2v) is 3.07. The predicted octanol–water partition coefficient (Wildman–Crippen LogP) is 1.82. The lowest BCUT2D eigenvalue weighted by Crippen LogP contribution is -2.18. The highest BCUT2D eigenvalue weighted by Gasteiger charge is 2.07. The van der Waals surface area contributed by atoms with Crippen LogP contribution in [0.15, 0.2) is 18.2 Å². The Bertz CT molecular complexity index is 304. The molecule has 78 valence electrons. The third kappa shape index (κ3) is 2.88. The van der Waals surface area contributed by atoms with Crippen LogP contribution in [0, 0.1) is 5.82 Å². The van der Waals surface area contributed by atoms with Crippen molar-refractivity contribution in [3.63, 3.8) is 0 Å². The molecule has 0 aliphatic carbocycles. The van der Waals surface area contributed by atoms with Gasteiger partial charge in [0.1, 0.15) is 17.7 Å². The molecule has 1 aromatic rings. The number of halogens is 1. The molecular formula is C10H14FNO2. The van der Waals surface area contributed by atoms with Gasteiger partial charge in [0.25, 0.3) is 0 Å². The Morgan fingerprint density at radius 2 is 2.21 bits per heavy atom. The lowest BCUT2D eigenvalue weighted by atomic mass is 10.3. The zero-order valence-corrected chi connectivity index (χ0v) is 8.29. The standard InChI is InChI=1S/C10H14FNO2/c1-7(6-13-2)14-10-5-8(11)3-4-9(10)12/h3-5,7H,6,12H2,1-2H3. The van der Waals surface area contributed by atoms with Gasteiger partial charge in [0.15, 0.2) is 0 Å². The zero-order valence-electron chi connectivity index (χ0n) is 8.29. The van der Waals surface area contributed by atoms with E-state index in [0.717, 1.165) is 0 Å². The fraction of sp³-hybridized carbons (Fsp3) is 0.400.